The van der Waals surface area contributed by atoms with Crippen molar-refractivity contribution in [2.24, 2.45) is 5.41 Å². The number of hydrogen-bond donors (Lipinski definition) is 2. The Morgan fingerprint density at radius 1 is 1.16 bits per heavy atom. The van der Waals surface area contributed by atoms with Crippen molar-refractivity contribution in [3.05, 3.63) is 18.2 Å². The van der Waals surface area contributed by atoms with E-state index in [2.05, 4.69) is 10.6 Å². The molecule has 0 aromatic heterocycles. The highest BCUT2D eigenvalue weighted by Gasteiger charge is 2.22. The first-order chi connectivity index (χ1) is 8.74. The van der Waals surface area contributed by atoms with Crippen LogP contribution < -0.4 is 15.4 Å². The smallest absolute Gasteiger partial charge is 0.229 e. The Morgan fingerprint density at radius 2 is 1.79 bits per heavy atom. The maximum absolute atomic E-state index is 12.0. The van der Waals surface area contributed by atoms with Gasteiger partial charge in [-0.15, -0.1) is 0 Å². The molecule has 5 nitrogen and oxygen atoms in total. The first-order valence-corrected chi connectivity index (χ1v) is 6.01. The Balaban J connectivity index is 3.02. The van der Waals surface area contributed by atoms with Crippen molar-refractivity contribution < 1.29 is 14.3 Å². The van der Waals surface area contributed by atoms with Crippen molar-refractivity contribution >= 4 is 23.2 Å². The van der Waals surface area contributed by atoms with Crippen LogP contribution in [0.1, 0.15) is 27.7 Å². The van der Waals surface area contributed by atoms with E-state index < -0.39 is 5.41 Å². The second-order valence-electron chi connectivity index (χ2n) is 5.30. The average molecular weight is 264 g/mol. The number of carbonyl (C=O) groups excluding carboxylic acids is 2. The summed E-state index contributed by atoms with van der Waals surface area (Å²) in [5.41, 5.74) is 0.640. The third-order valence-corrected chi connectivity index (χ3v) is 2.45. The topological polar surface area (TPSA) is 67.4 Å². The summed E-state index contributed by atoms with van der Waals surface area (Å²) in [6, 6.07) is 5.08. The number of anilines is 2. The Labute approximate surface area is 113 Å². The van der Waals surface area contributed by atoms with Gasteiger partial charge in [-0.1, -0.05) is 20.8 Å². The number of carbonyl (C=O) groups is 2. The highest BCUT2D eigenvalue weighted by molar-refractivity contribution is 5.97. The lowest BCUT2D eigenvalue weighted by molar-refractivity contribution is -0.123. The number of benzene rings is 1. The van der Waals surface area contributed by atoms with Crippen LogP contribution in [0, 0.1) is 5.41 Å². The molecule has 0 fully saturated rings. The van der Waals surface area contributed by atoms with Crippen molar-refractivity contribution in [3.8, 4) is 5.75 Å². The largest absolute Gasteiger partial charge is 0.495 e. The molecule has 0 spiro atoms. The Hall–Kier alpha value is -2.04. The van der Waals surface area contributed by atoms with Gasteiger partial charge in [-0.2, -0.15) is 0 Å². The third kappa shape index (κ3) is 4.28. The molecule has 0 bridgehead atoms. The molecule has 104 valence electrons. The van der Waals surface area contributed by atoms with Gasteiger partial charge in [0.05, 0.1) is 12.8 Å². The fourth-order valence-electron chi connectivity index (χ4n) is 1.40. The molecule has 2 N–H and O–H groups in total. The minimum atomic E-state index is -0.505. The zero-order chi connectivity index (χ0) is 14.6. The quantitative estimate of drug-likeness (QED) is 0.882. The Bertz CT molecular complexity index is 490. The van der Waals surface area contributed by atoms with Gasteiger partial charge in [0.25, 0.3) is 0 Å². The van der Waals surface area contributed by atoms with Crippen molar-refractivity contribution in [2.75, 3.05) is 17.7 Å². The molecule has 2 amide bonds. The van der Waals surface area contributed by atoms with Gasteiger partial charge >= 0.3 is 0 Å². The summed E-state index contributed by atoms with van der Waals surface area (Å²) in [5, 5.41) is 5.46. The first kappa shape index (κ1) is 15.0. The number of rotatable bonds is 3. The average Bonchev–Trinajstić information content (AvgIpc) is 2.27. The summed E-state index contributed by atoms with van der Waals surface area (Å²) < 4.78 is 5.19. The number of methoxy groups -OCH3 is 1. The van der Waals surface area contributed by atoms with Crippen LogP contribution in [0.25, 0.3) is 0 Å². The molecule has 0 aliphatic heterocycles. The second kappa shape index (κ2) is 5.73. The van der Waals surface area contributed by atoms with E-state index in [0.717, 1.165) is 0 Å². The molecule has 1 rings (SSSR count). The maximum Gasteiger partial charge on any atom is 0.229 e. The van der Waals surface area contributed by atoms with Gasteiger partial charge in [-0.05, 0) is 18.2 Å². The molecule has 1 aromatic rings. The van der Waals surface area contributed by atoms with Crippen molar-refractivity contribution in [1.82, 2.24) is 0 Å². The highest BCUT2D eigenvalue weighted by atomic mass is 16.5. The molecule has 19 heavy (non-hydrogen) atoms. The van der Waals surface area contributed by atoms with E-state index in [4.69, 9.17) is 4.74 Å². The van der Waals surface area contributed by atoms with Gasteiger partial charge in [0, 0.05) is 18.0 Å². The Morgan fingerprint density at radius 3 is 2.26 bits per heavy atom. The van der Waals surface area contributed by atoms with Gasteiger partial charge in [0.2, 0.25) is 11.8 Å². The molecule has 0 saturated carbocycles. The van der Waals surface area contributed by atoms with Crippen LogP contribution in [0.3, 0.4) is 0 Å². The van der Waals surface area contributed by atoms with Crippen LogP contribution in [0.2, 0.25) is 0 Å². The van der Waals surface area contributed by atoms with Crippen LogP contribution in [0.5, 0.6) is 5.75 Å². The van der Waals surface area contributed by atoms with Crippen LogP contribution in [0.4, 0.5) is 11.4 Å². The molecular formula is C14H20N2O3. The minimum Gasteiger partial charge on any atom is -0.495 e. The fourth-order valence-corrected chi connectivity index (χ4v) is 1.40. The van der Waals surface area contributed by atoms with E-state index in [1.807, 2.05) is 20.8 Å². The summed E-state index contributed by atoms with van der Waals surface area (Å²) in [5.74, 6) is 0.260. The van der Waals surface area contributed by atoms with E-state index in [-0.39, 0.29) is 11.8 Å². The number of ether oxygens (including phenoxy) is 1. The molecule has 0 saturated heterocycles. The molecule has 0 aliphatic rings. The van der Waals surface area contributed by atoms with Crippen LogP contribution in [-0.4, -0.2) is 18.9 Å². The minimum absolute atomic E-state index is 0.120. The van der Waals surface area contributed by atoms with E-state index in [1.54, 1.807) is 18.2 Å². The fraction of sp³-hybridized carbons (Fsp3) is 0.429. The van der Waals surface area contributed by atoms with Gasteiger partial charge in [-0.3, -0.25) is 9.59 Å². The molecule has 0 radical (unpaired) electrons. The standard InChI is InChI=1S/C14H20N2O3/c1-9(17)15-10-6-7-12(19-5)11(8-10)16-13(18)14(2,3)4/h6-8H,1-5H3,(H,15,17)(H,16,18). The van der Waals surface area contributed by atoms with Gasteiger partial charge in [0.1, 0.15) is 5.75 Å². The van der Waals surface area contributed by atoms with E-state index in [0.29, 0.717) is 17.1 Å². The Kier molecular flexibility index (Phi) is 4.53. The normalized spacial score (nSPS) is 10.8. The predicted octanol–water partition coefficient (Wildman–Crippen LogP) is 2.64. The van der Waals surface area contributed by atoms with Gasteiger partial charge in [-0.25, -0.2) is 0 Å². The second-order valence-corrected chi connectivity index (χ2v) is 5.30. The van der Waals surface area contributed by atoms with Crippen LogP contribution in [-0.2, 0) is 9.59 Å². The summed E-state index contributed by atoms with van der Waals surface area (Å²) in [4.78, 5) is 23.0. The molecule has 0 unspecified atom stereocenters. The van der Waals surface area contributed by atoms with Crippen molar-refractivity contribution in [3.63, 3.8) is 0 Å². The van der Waals surface area contributed by atoms with E-state index in [9.17, 15) is 9.59 Å². The van der Waals surface area contributed by atoms with Gasteiger partial charge < -0.3 is 15.4 Å². The zero-order valence-corrected chi connectivity index (χ0v) is 12.0. The summed E-state index contributed by atoms with van der Waals surface area (Å²) >= 11 is 0. The molecule has 5 heteroatoms. The maximum atomic E-state index is 12.0. The summed E-state index contributed by atoms with van der Waals surface area (Å²) in [6.07, 6.45) is 0. The number of nitrogens with one attached hydrogen (secondary N) is 2. The van der Waals surface area contributed by atoms with Gasteiger partial charge in [0.15, 0.2) is 0 Å². The number of amides is 2. The lowest BCUT2D eigenvalue weighted by atomic mass is 9.95. The zero-order valence-electron chi connectivity index (χ0n) is 12.0. The predicted molar refractivity (Wildman–Crippen MR) is 75.4 cm³/mol. The summed E-state index contributed by atoms with van der Waals surface area (Å²) in [7, 11) is 1.53. The van der Waals surface area contributed by atoms with Crippen molar-refractivity contribution in [1.29, 1.82) is 0 Å². The molecule has 0 atom stereocenters. The first-order valence-electron chi connectivity index (χ1n) is 6.01. The lowest BCUT2D eigenvalue weighted by Gasteiger charge is -2.19. The summed E-state index contributed by atoms with van der Waals surface area (Å²) in [6.45, 7) is 6.91. The third-order valence-electron chi connectivity index (χ3n) is 2.45. The molecule has 0 heterocycles. The SMILES string of the molecule is COc1ccc(NC(C)=O)cc1NC(=O)C(C)(C)C. The van der Waals surface area contributed by atoms with Crippen LogP contribution >= 0.6 is 0 Å². The molecule has 0 aliphatic carbocycles. The molecule has 1 aromatic carbocycles. The van der Waals surface area contributed by atoms with Crippen molar-refractivity contribution in [2.45, 2.75) is 27.7 Å². The van der Waals surface area contributed by atoms with E-state index in [1.165, 1.54) is 14.0 Å². The van der Waals surface area contributed by atoms with Crippen LogP contribution in [0.15, 0.2) is 18.2 Å². The lowest BCUT2D eigenvalue weighted by Crippen LogP contribution is -2.27. The number of hydrogen-bond acceptors (Lipinski definition) is 3. The molecular weight excluding hydrogens is 244 g/mol. The highest BCUT2D eigenvalue weighted by Crippen LogP contribution is 2.29. The van der Waals surface area contributed by atoms with E-state index >= 15 is 0 Å². The monoisotopic (exact) mass is 264 g/mol.